The van der Waals surface area contributed by atoms with Crippen LogP contribution in [0, 0.1) is 10.1 Å². The molecular weight excluding hydrogens is 446 g/mol. The molecule has 0 bridgehead atoms. The Kier molecular flexibility index (Phi) is 4.83. The molecule has 0 unspecified atom stereocenters. The zero-order valence-corrected chi connectivity index (χ0v) is 17.6. The fourth-order valence-corrected chi connectivity index (χ4v) is 4.31. The first-order valence-electron chi connectivity index (χ1n) is 9.63. The average Bonchev–Trinajstić information content (AvgIpc) is 3.27. The van der Waals surface area contributed by atoms with E-state index in [1.165, 1.54) is 18.2 Å². The summed E-state index contributed by atoms with van der Waals surface area (Å²) in [6.07, 6.45) is 1.69. The van der Waals surface area contributed by atoms with Gasteiger partial charge in [0.1, 0.15) is 0 Å². The summed E-state index contributed by atoms with van der Waals surface area (Å²) in [7, 11) is -4.19. The molecule has 164 valence electrons. The molecule has 5 rings (SSSR count). The molecule has 0 amide bonds. The number of nitro groups is 1. The second kappa shape index (κ2) is 7.84. The van der Waals surface area contributed by atoms with Crippen LogP contribution in [-0.2, 0) is 10.0 Å². The van der Waals surface area contributed by atoms with E-state index < -0.39 is 14.9 Å². The van der Waals surface area contributed by atoms with Crippen molar-refractivity contribution in [3.8, 4) is 0 Å². The van der Waals surface area contributed by atoms with E-state index in [-0.39, 0.29) is 22.2 Å². The van der Waals surface area contributed by atoms with Crippen molar-refractivity contribution in [2.75, 3.05) is 10.0 Å². The summed E-state index contributed by atoms with van der Waals surface area (Å²) in [5, 5.41) is 21.9. The van der Waals surface area contributed by atoms with Crippen LogP contribution in [0.1, 0.15) is 0 Å². The third kappa shape index (κ3) is 4.02. The molecule has 0 atom stereocenters. The van der Waals surface area contributed by atoms with E-state index in [1.54, 1.807) is 42.6 Å². The van der Waals surface area contributed by atoms with Gasteiger partial charge in [0.25, 0.3) is 15.7 Å². The van der Waals surface area contributed by atoms with Gasteiger partial charge in [-0.15, -0.1) is 0 Å². The van der Waals surface area contributed by atoms with Gasteiger partial charge in [0.05, 0.1) is 32.6 Å². The third-order valence-corrected chi connectivity index (χ3v) is 6.18. The molecule has 12 heteroatoms. The molecule has 2 aromatic heterocycles. The van der Waals surface area contributed by atoms with Crippen LogP contribution in [0.25, 0.3) is 21.9 Å². The standard InChI is InChI=1S/C21H15N7O4S/c29-28(30)15-4-3-5-16(11-15)33(31,32)27-21-20(24-17-6-1-2-7-18(17)25-21)23-14-9-8-13-12-22-26-19(13)10-14/h1-12H,(H,22,26)(H,23,24)(H,25,27). The maximum absolute atomic E-state index is 13.0. The number of rotatable bonds is 6. The van der Waals surface area contributed by atoms with Crippen LogP contribution in [0.3, 0.4) is 0 Å². The van der Waals surface area contributed by atoms with Crippen LogP contribution >= 0.6 is 0 Å². The van der Waals surface area contributed by atoms with Gasteiger partial charge in [0.15, 0.2) is 11.6 Å². The van der Waals surface area contributed by atoms with Gasteiger partial charge in [-0.2, -0.15) is 5.10 Å². The minimum atomic E-state index is -4.19. The molecule has 0 aliphatic carbocycles. The first-order chi connectivity index (χ1) is 15.9. The highest BCUT2D eigenvalue weighted by Crippen LogP contribution is 2.28. The van der Waals surface area contributed by atoms with E-state index in [0.29, 0.717) is 16.7 Å². The Morgan fingerprint density at radius 3 is 2.42 bits per heavy atom. The normalized spacial score (nSPS) is 11.5. The quantitative estimate of drug-likeness (QED) is 0.253. The maximum Gasteiger partial charge on any atom is 0.270 e. The van der Waals surface area contributed by atoms with Crippen molar-refractivity contribution in [2.24, 2.45) is 0 Å². The van der Waals surface area contributed by atoms with Gasteiger partial charge in [-0.05, 0) is 36.4 Å². The number of nitrogens with zero attached hydrogens (tertiary/aromatic N) is 4. The first-order valence-corrected chi connectivity index (χ1v) is 11.1. The Morgan fingerprint density at radius 1 is 0.909 bits per heavy atom. The minimum absolute atomic E-state index is 0.0510. The first kappa shape index (κ1) is 20.3. The van der Waals surface area contributed by atoms with Crippen molar-refractivity contribution in [3.63, 3.8) is 0 Å². The number of benzene rings is 3. The van der Waals surface area contributed by atoms with E-state index >= 15 is 0 Å². The fourth-order valence-electron chi connectivity index (χ4n) is 3.26. The Morgan fingerprint density at radius 2 is 1.67 bits per heavy atom. The highest BCUT2D eigenvalue weighted by atomic mass is 32.2. The van der Waals surface area contributed by atoms with Gasteiger partial charge in [-0.1, -0.05) is 18.2 Å². The Bertz CT molecular complexity index is 1630. The average molecular weight is 461 g/mol. The molecule has 3 N–H and O–H groups in total. The lowest BCUT2D eigenvalue weighted by Gasteiger charge is -2.14. The topological polar surface area (TPSA) is 156 Å². The molecule has 2 heterocycles. The molecule has 0 aliphatic rings. The highest BCUT2D eigenvalue weighted by molar-refractivity contribution is 7.92. The van der Waals surface area contributed by atoms with Gasteiger partial charge in [0, 0.05) is 23.2 Å². The predicted octanol–water partition coefficient (Wildman–Crippen LogP) is 3.96. The number of nitrogens with one attached hydrogen (secondary N) is 3. The second-order valence-corrected chi connectivity index (χ2v) is 8.75. The number of fused-ring (bicyclic) bond motifs is 2. The molecule has 0 saturated heterocycles. The van der Waals surface area contributed by atoms with Crippen molar-refractivity contribution in [1.82, 2.24) is 20.2 Å². The van der Waals surface area contributed by atoms with Crippen molar-refractivity contribution >= 4 is 55.0 Å². The van der Waals surface area contributed by atoms with E-state index in [9.17, 15) is 18.5 Å². The molecule has 0 spiro atoms. The van der Waals surface area contributed by atoms with Crippen LogP contribution in [0.2, 0.25) is 0 Å². The lowest BCUT2D eigenvalue weighted by Crippen LogP contribution is -2.16. The lowest BCUT2D eigenvalue weighted by atomic mass is 10.2. The van der Waals surface area contributed by atoms with Crippen molar-refractivity contribution in [1.29, 1.82) is 0 Å². The molecule has 0 saturated carbocycles. The number of hydrogen-bond donors (Lipinski definition) is 3. The second-order valence-electron chi connectivity index (χ2n) is 7.07. The van der Waals surface area contributed by atoms with Gasteiger partial charge >= 0.3 is 0 Å². The number of H-pyrrole nitrogens is 1. The molecule has 5 aromatic rings. The van der Waals surface area contributed by atoms with Crippen molar-refractivity contribution in [2.45, 2.75) is 4.90 Å². The summed E-state index contributed by atoms with van der Waals surface area (Å²) >= 11 is 0. The fraction of sp³-hybridized carbons (Fsp3) is 0. The molecule has 33 heavy (non-hydrogen) atoms. The number of hydrogen-bond acceptors (Lipinski definition) is 8. The van der Waals surface area contributed by atoms with Crippen LogP contribution in [-0.4, -0.2) is 33.5 Å². The molecule has 0 fully saturated rings. The molecule has 0 aliphatic heterocycles. The molecule has 3 aromatic carbocycles. The number of non-ortho nitro benzene ring substituents is 1. The monoisotopic (exact) mass is 461 g/mol. The summed E-state index contributed by atoms with van der Waals surface area (Å²) in [5.41, 5.74) is 2.11. The maximum atomic E-state index is 13.0. The van der Waals surface area contributed by atoms with Crippen molar-refractivity contribution < 1.29 is 13.3 Å². The Labute approximate surface area is 186 Å². The smallest absolute Gasteiger partial charge is 0.270 e. The minimum Gasteiger partial charge on any atom is -0.337 e. The molecule has 11 nitrogen and oxygen atoms in total. The number of para-hydroxylation sites is 2. The van der Waals surface area contributed by atoms with Gasteiger partial charge in [-0.3, -0.25) is 19.9 Å². The third-order valence-electron chi connectivity index (χ3n) is 4.84. The zero-order valence-electron chi connectivity index (χ0n) is 16.8. The largest absolute Gasteiger partial charge is 0.337 e. The number of nitro benzene ring substituents is 1. The SMILES string of the molecule is O=[N+]([O-])c1cccc(S(=O)(=O)Nc2nc3ccccc3nc2Nc2ccc3cn[nH]c3c2)c1. The van der Waals surface area contributed by atoms with Crippen molar-refractivity contribution in [3.05, 3.63) is 83.0 Å². The lowest BCUT2D eigenvalue weighted by molar-refractivity contribution is -0.385. The van der Waals surface area contributed by atoms with E-state index in [2.05, 4.69) is 30.2 Å². The van der Waals surface area contributed by atoms with Crippen LogP contribution in [0.4, 0.5) is 23.0 Å². The van der Waals surface area contributed by atoms with Gasteiger partial charge in [-0.25, -0.2) is 18.4 Å². The summed E-state index contributed by atoms with van der Waals surface area (Å²) in [4.78, 5) is 19.1. The summed E-state index contributed by atoms with van der Waals surface area (Å²) in [5.74, 6) is 0.117. The Hall–Kier alpha value is -4.58. The Balaban J connectivity index is 1.57. The number of aromatic nitrogens is 4. The number of aromatic amines is 1. The van der Waals surface area contributed by atoms with E-state index in [4.69, 9.17) is 0 Å². The van der Waals surface area contributed by atoms with E-state index in [0.717, 1.165) is 17.0 Å². The van der Waals surface area contributed by atoms with Gasteiger partial charge < -0.3 is 5.32 Å². The number of anilines is 3. The van der Waals surface area contributed by atoms with Crippen LogP contribution in [0.15, 0.2) is 77.8 Å². The highest BCUT2D eigenvalue weighted by Gasteiger charge is 2.21. The van der Waals surface area contributed by atoms with Crippen LogP contribution in [0.5, 0.6) is 0 Å². The number of sulfonamides is 1. The summed E-state index contributed by atoms with van der Waals surface area (Å²) in [6, 6.07) is 17.2. The van der Waals surface area contributed by atoms with Crippen LogP contribution < -0.4 is 10.0 Å². The van der Waals surface area contributed by atoms with E-state index in [1.807, 2.05) is 6.07 Å². The predicted molar refractivity (Wildman–Crippen MR) is 123 cm³/mol. The zero-order chi connectivity index (χ0) is 23.0. The van der Waals surface area contributed by atoms with Gasteiger partial charge in [0.2, 0.25) is 0 Å². The summed E-state index contributed by atoms with van der Waals surface area (Å²) < 4.78 is 28.4. The molecule has 0 radical (unpaired) electrons. The molecular formula is C21H15N7O4S. The summed E-state index contributed by atoms with van der Waals surface area (Å²) in [6.45, 7) is 0.